The Balaban J connectivity index is 2.15. The minimum absolute atomic E-state index is 0.282. The van der Waals surface area contributed by atoms with Crippen molar-refractivity contribution in [2.75, 3.05) is 46.4 Å². The first-order valence-corrected chi connectivity index (χ1v) is 9.72. The summed E-state index contributed by atoms with van der Waals surface area (Å²) in [6.45, 7) is 12.1. The van der Waals surface area contributed by atoms with Crippen molar-refractivity contribution >= 4 is 12.3 Å². The molecule has 0 N–H and O–H groups in total. The summed E-state index contributed by atoms with van der Waals surface area (Å²) in [5.41, 5.74) is 0.765. The van der Waals surface area contributed by atoms with Gasteiger partial charge >= 0.3 is 5.97 Å². The number of carbonyl (C=O) groups excluding carboxylic acids is 2. The van der Waals surface area contributed by atoms with Crippen LogP contribution in [0.25, 0.3) is 0 Å². The van der Waals surface area contributed by atoms with Crippen LogP contribution in [0.1, 0.15) is 43.6 Å². The Hall–Kier alpha value is -2.12. The normalized spacial score (nSPS) is 15.9. The highest BCUT2D eigenvalue weighted by Crippen LogP contribution is 2.33. The Bertz CT molecular complexity index is 676. The van der Waals surface area contributed by atoms with Gasteiger partial charge in [0.05, 0.1) is 12.2 Å². The molecule has 0 amide bonds. The minimum Gasteiger partial charge on any atom is -0.490 e. The molecule has 0 aliphatic carbocycles. The average Bonchev–Trinajstić information content (AvgIpc) is 2.61. The van der Waals surface area contributed by atoms with E-state index in [1.165, 1.54) is 0 Å². The fourth-order valence-corrected chi connectivity index (χ4v) is 3.05. The van der Waals surface area contributed by atoms with Gasteiger partial charge in [0.25, 0.3) is 0 Å². The van der Waals surface area contributed by atoms with Gasteiger partial charge in [0, 0.05) is 32.7 Å². The van der Waals surface area contributed by atoms with Crippen LogP contribution < -0.4 is 9.47 Å². The van der Waals surface area contributed by atoms with Crippen molar-refractivity contribution < 1.29 is 23.8 Å². The third-order valence-electron chi connectivity index (χ3n) is 4.33. The number of nitrogens with zero attached hydrogens (tertiary/aromatic N) is 2. The maximum Gasteiger partial charge on any atom is 0.344 e. The summed E-state index contributed by atoms with van der Waals surface area (Å²) in [6, 6.07) is 3.69. The van der Waals surface area contributed by atoms with E-state index in [0.717, 1.165) is 44.6 Å². The molecule has 1 heterocycles. The maximum absolute atomic E-state index is 12.0. The molecule has 0 aromatic heterocycles. The standard InChI is InChI=1S/C21H32N2O5/c1-6-26-18-12-16(13-23-9-7-22(5)8-10-23)11-17(14-24)20(18)27-15-19(25)28-21(2,3)4/h11-12,14H,6-10,13,15H2,1-5H3. The highest BCUT2D eigenvalue weighted by molar-refractivity contribution is 5.82. The smallest absolute Gasteiger partial charge is 0.344 e. The third-order valence-corrected chi connectivity index (χ3v) is 4.33. The molecule has 0 radical (unpaired) electrons. The molecule has 0 unspecified atom stereocenters. The minimum atomic E-state index is -0.594. The van der Waals surface area contributed by atoms with Crippen LogP contribution in [0.2, 0.25) is 0 Å². The predicted octanol–water partition coefficient (Wildman–Crippen LogP) is 2.37. The molecular formula is C21H32N2O5. The van der Waals surface area contributed by atoms with Crippen molar-refractivity contribution in [3.8, 4) is 11.5 Å². The summed E-state index contributed by atoms with van der Waals surface area (Å²) in [5.74, 6) is 0.262. The van der Waals surface area contributed by atoms with E-state index in [1.54, 1.807) is 26.8 Å². The zero-order chi connectivity index (χ0) is 20.7. The van der Waals surface area contributed by atoms with Gasteiger partial charge in [-0.25, -0.2) is 4.79 Å². The molecule has 0 bridgehead atoms. The van der Waals surface area contributed by atoms with Gasteiger partial charge in [-0.2, -0.15) is 0 Å². The van der Waals surface area contributed by atoms with Gasteiger partial charge in [0.15, 0.2) is 24.4 Å². The molecule has 1 fully saturated rings. The van der Waals surface area contributed by atoms with Gasteiger partial charge in [-0.1, -0.05) is 0 Å². The van der Waals surface area contributed by atoms with E-state index in [-0.39, 0.29) is 12.4 Å². The number of hydrogen-bond donors (Lipinski definition) is 0. The van der Waals surface area contributed by atoms with Gasteiger partial charge in [-0.3, -0.25) is 9.69 Å². The molecule has 7 nitrogen and oxygen atoms in total. The first kappa shape index (κ1) is 22.2. The summed E-state index contributed by atoms with van der Waals surface area (Å²) in [5, 5.41) is 0. The van der Waals surface area contributed by atoms with Crippen molar-refractivity contribution in [2.24, 2.45) is 0 Å². The second-order valence-electron chi connectivity index (χ2n) is 8.02. The molecule has 0 saturated carbocycles. The lowest BCUT2D eigenvalue weighted by Crippen LogP contribution is -2.43. The molecule has 1 aromatic rings. The van der Waals surface area contributed by atoms with Crippen molar-refractivity contribution in [1.29, 1.82) is 0 Å². The van der Waals surface area contributed by atoms with Crippen LogP contribution in [0.4, 0.5) is 0 Å². The van der Waals surface area contributed by atoms with E-state index in [4.69, 9.17) is 14.2 Å². The van der Waals surface area contributed by atoms with Gasteiger partial charge in [0.1, 0.15) is 5.60 Å². The number of rotatable bonds is 8. The summed E-state index contributed by atoms with van der Waals surface area (Å²) in [4.78, 5) is 28.3. The Kier molecular flexibility index (Phi) is 7.83. The molecule has 156 valence electrons. The van der Waals surface area contributed by atoms with E-state index in [0.29, 0.717) is 17.9 Å². The SMILES string of the molecule is CCOc1cc(CN2CCN(C)CC2)cc(C=O)c1OCC(=O)OC(C)(C)C. The third kappa shape index (κ3) is 6.80. The van der Waals surface area contributed by atoms with Crippen LogP contribution in [0, 0.1) is 0 Å². The molecule has 2 rings (SSSR count). The Morgan fingerprint density at radius 3 is 2.39 bits per heavy atom. The van der Waals surface area contributed by atoms with E-state index in [9.17, 15) is 9.59 Å². The fraction of sp³-hybridized carbons (Fsp3) is 0.619. The Labute approximate surface area is 167 Å². The zero-order valence-corrected chi connectivity index (χ0v) is 17.6. The largest absolute Gasteiger partial charge is 0.490 e. The lowest BCUT2D eigenvalue weighted by atomic mass is 10.1. The second kappa shape index (κ2) is 9.89. The van der Waals surface area contributed by atoms with E-state index >= 15 is 0 Å². The van der Waals surface area contributed by atoms with E-state index in [2.05, 4.69) is 16.8 Å². The predicted molar refractivity (Wildman–Crippen MR) is 107 cm³/mol. The van der Waals surface area contributed by atoms with E-state index < -0.39 is 11.6 Å². The van der Waals surface area contributed by atoms with E-state index in [1.807, 2.05) is 13.0 Å². The number of carbonyl (C=O) groups is 2. The van der Waals surface area contributed by atoms with Crippen LogP contribution >= 0.6 is 0 Å². The van der Waals surface area contributed by atoms with Crippen LogP contribution in [0.5, 0.6) is 11.5 Å². The highest BCUT2D eigenvalue weighted by atomic mass is 16.6. The number of piperazine rings is 1. The monoisotopic (exact) mass is 392 g/mol. The average molecular weight is 392 g/mol. The Morgan fingerprint density at radius 2 is 1.82 bits per heavy atom. The molecule has 0 spiro atoms. The van der Waals surface area contributed by atoms with Gasteiger partial charge in [-0.15, -0.1) is 0 Å². The molecule has 1 aliphatic rings. The fourth-order valence-electron chi connectivity index (χ4n) is 3.05. The lowest BCUT2D eigenvalue weighted by molar-refractivity contribution is -0.157. The number of esters is 1. The molecule has 1 aliphatic heterocycles. The summed E-state index contributed by atoms with van der Waals surface area (Å²) in [7, 11) is 2.12. The van der Waals surface area contributed by atoms with Crippen molar-refractivity contribution in [1.82, 2.24) is 9.80 Å². The second-order valence-corrected chi connectivity index (χ2v) is 8.02. The maximum atomic E-state index is 12.0. The van der Waals surface area contributed by atoms with Crippen LogP contribution in [-0.2, 0) is 16.1 Å². The van der Waals surface area contributed by atoms with Crippen molar-refractivity contribution in [3.05, 3.63) is 23.3 Å². The summed E-state index contributed by atoms with van der Waals surface area (Å²) < 4.78 is 16.6. The van der Waals surface area contributed by atoms with Crippen molar-refractivity contribution in [3.63, 3.8) is 0 Å². The summed E-state index contributed by atoms with van der Waals surface area (Å²) >= 11 is 0. The first-order chi connectivity index (χ1) is 13.2. The number of hydrogen-bond acceptors (Lipinski definition) is 7. The number of likely N-dealkylation sites (N-methyl/N-ethyl adjacent to an activating group) is 1. The Morgan fingerprint density at radius 1 is 1.14 bits per heavy atom. The van der Waals surface area contributed by atoms with Crippen LogP contribution in [0.15, 0.2) is 12.1 Å². The van der Waals surface area contributed by atoms with Gasteiger partial charge in [-0.05, 0) is 52.4 Å². The lowest BCUT2D eigenvalue weighted by Gasteiger charge is -2.32. The topological polar surface area (TPSA) is 68.3 Å². The number of ether oxygens (including phenoxy) is 3. The zero-order valence-electron chi connectivity index (χ0n) is 17.6. The molecular weight excluding hydrogens is 360 g/mol. The van der Waals surface area contributed by atoms with Gasteiger partial charge < -0.3 is 19.1 Å². The first-order valence-electron chi connectivity index (χ1n) is 9.72. The highest BCUT2D eigenvalue weighted by Gasteiger charge is 2.21. The van der Waals surface area contributed by atoms with Crippen molar-refractivity contribution in [2.45, 2.75) is 39.8 Å². The quantitative estimate of drug-likeness (QED) is 0.497. The van der Waals surface area contributed by atoms with Crippen LogP contribution in [0.3, 0.4) is 0 Å². The van der Waals surface area contributed by atoms with Gasteiger partial charge in [0.2, 0.25) is 0 Å². The molecule has 1 aromatic carbocycles. The molecule has 7 heteroatoms. The molecule has 1 saturated heterocycles. The summed E-state index contributed by atoms with van der Waals surface area (Å²) in [6.07, 6.45) is 0.737. The number of benzene rings is 1. The number of aldehydes is 1. The van der Waals surface area contributed by atoms with Crippen LogP contribution in [-0.4, -0.2) is 74.1 Å². The molecule has 0 atom stereocenters. The molecule has 28 heavy (non-hydrogen) atoms.